The predicted octanol–water partition coefficient (Wildman–Crippen LogP) is 0.00990. The van der Waals surface area contributed by atoms with Crippen molar-refractivity contribution in [2.75, 3.05) is 39.5 Å². The minimum absolute atomic E-state index is 0.0937. The molecule has 0 aliphatic carbocycles. The van der Waals surface area contributed by atoms with Crippen molar-refractivity contribution < 1.29 is 14.6 Å². The Kier molecular flexibility index (Phi) is 9.80. The van der Waals surface area contributed by atoms with Gasteiger partial charge in [-0.3, -0.25) is 0 Å². The molecule has 0 aliphatic heterocycles. The van der Waals surface area contributed by atoms with Gasteiger partial charge in [-0.2, -0.15) is 0 Å². The first-order valence-electron chi connectivity index (χ1n) is 4.78. The van der Waals surface area contributed by atoms with Gasteiger partial charge in [-0.15, -0.1) is 0 Å². The van der Waals surface area contributed by atoms with Crippen molar-refractivity contribution in [3.8, 4) is 0 Å². The second kappa shape index (κ2) is 9.92. The molecule has 80 valence electrons. The number of aliphatic hydroxyl groups excluding tert-OH is 1. The minimum Gasteiger partial charge on any atom is -0.394 e. The molecule has 0 unspecified atom stereocenters. The summed E-state index contributed by atoms with van der Waals surface area (Å²) in [7, 11) is 0. The smallest absolute Gasteiger partial charge is 0.0698 e. The number of nitrogens with one attached hydrogen (secondary N) is 1. The van der Waals surface area contributed by atoms with E-state index in [1.165, 1.54) is 0 Å². The van der Waals surface area contributed by atoms with E-state index in [1.807, 2.05) is 13.8 Å². The summed E-state index contributed by atoms with van der Waals surface area (Å²) in [6, 6.07) is 0. The standard InChI is InChI=1S/C9H21NO3/c1-9(2)13-7-4-10-3-6-12-8-5-11/h9-11H,3-8H2,1-2H3. The maximum atomic E-state index is 8.40. The second-order valence-corrected chi connectivity index (χ2v) is 3.01. The molecule has 0 heterocycles. The molecule has 0 spiro atoms. The van der Waals surface area contributed by atoms with Crippen LogP contribution in [0.5, 0.6) is 0 Å². The lowest BCUT2D eigenvalue weighted by Gasteiger charge is -2.08. The van der Waals surface area contributed by atoms with Crippen molar-refractivity contribution in [1.82, 2.24) is 5.32 Å². The van der Waals surface area contributed by atoms with E-state index in [0.29, 0.717) is 19.3 Å². The van der Waals surface area contributed by atoms with Gasteiger partial charge in [0.2, 0.25) is 0 Å². The van der Waals surface area contributed by atoms with Crippen LogP contribution in [0.15, 0.2) is 0 Å². The summed E-state index contributed by atoms with van der Waals surface area (Å²) >= 11 is 0. The third-order valence-corrected chi connectivity index (χ3v) is 1.39. The molecular weight excluding hydrogens is 170 g/mol. The first-order valence-corrected chi connectivity index (χ1v) is 4.78. The predicted molar refractivity (Wildman–Crippen MR) is 51.9 cm³/mol. The molecule has 0 atom stereocenters. The zero-order valence-electron chi connectivity index (χ0n) is 8.58. The van der Waals surface area contributed by atoms with E-state index in [2.05, 4.69) is 5.32 Å². The quantitative estimate of drug-likeness (QED) is 0.504. The van der Waals surface area contributed by atoms with Crippen molar-refractivity contribution in [3.63, 3.8) is 0 Å². The molecular formula is C9H21NO3. The van der Waals surface area contributed by atoms with Crippen LogP contribution in [0, 0.1) is 0 Å². The molecule has 13 heavy (non-hydrogen) atoms. The van der Waals surface area contributed by atoms with Crippen LogP contribution >= 0.6 is 0 Å². The molecule has 0 aromatic carbocycles. The molecule has 0 aliphatic rings. The Labute approximate surface area is 80.2 Å². The lowest BCUT2D eigenvalue weighted by atomic mass is 10.5. The Morgan fingerprint density at radius 3 is 2.46 bits per heavy atom. The van der Waals surface area contributed by atoms with Gasteiger partial charge in [0.25, 0.3) is 0 Å². The molecule has 2 N–H and O–H groups in total. The fraction of sp³-hybridized carbons (Fsp3) is 1.00. The number of rotatable bonds is 9. The molecule has 0 saturated heterocycles. The molecule has 0 radical (unpaired) electrons. The largest absolute Gasteiger partial charge is 0.394 e. The third kappa shape index (κ3) is 11.8. The summed E-state index contributed by atoms with van der Waals surface area (Å²) < 4.78 is 10.4. The first kappa shape index (κ1) is 12.8. The van der Waals surface area contributed by atoms with Gasteiger partial charge in [0.1, 0.15) is 0 Å². The molecule has 4 nitrogen and oxygen atoms in total. The Morgan fingerprint density at radius 2 is 1.85 bits per heavy atom. The van der Waals surface area contributed by atoms with Crippen molar-refractivity contribution in [1.29, 1.82) is 0 Å². The lowest BCUT2D eigenvalue weighted by Crippen LogP contribution is -2.25. The van der Waals surface area contributed by atoms with Crippen LogP contribution in [0.2, 0.25) is 0 Å². The van der Waals surface area contributed by atoms with Gasteiger partial charge in [0.15, 0.2) is 0 Å². The zero-order valence-corrected chi connectivity index (χ0v) is 8.58. The maximum absolute atomic E-state index is 8.40. The fourth-order valence-electron chi connectivity index (χ4n) is 0.803. The van der Waals surface area contributed by atoms with Crippen molar-refractivity contribution in [3.05, 3.63) is 0 Å². The van der Waals surface area contributed by atoms with Crippen molar-refractivity contribution in [2.45, 2.75) is 20.0 Å². The van der Waals surface area contributed by atoms with Crippen LogP contribution in [-0.2, 0) is 9.47 Å². The Bertz CT molecular complexity index is 98.9. The summed E-state index contributed by atoms with van der Waals surface area (Å²) in [6.07, 6.45) is 0.299. The summed E-state index contributed by atoms with van der Waals surface area (Å²) in [5.41, 5.74) is 0. The lowest BCUT2D eigenvalue weighted by molar-refractivity contribution is 0.0744. The monoisotopic (exact) mass is 191 g/mol. The summed E-state index contributed by atoms with van der Waals surface area (Å²) in [6.45, 7) is 7.58. The first-order chi connectivity index (χ1) is 6.27. The van der Waals surface area contributed by atoms with Gasteiger partial charge in [0.05, 0.1) is 32.5 Å². The highest BCUT2D eigenvalue weighted by Gasteiger charge is 1.92. The van der Waals surface area contributed by atoms with Crippen LogP contribution in [-0.4, -0.2) is 50.7 Å². The van der Waals surface area contributed by atoms with E-state index in [9.17, 15) is 0 Å². The minimum atomic E-state index is 0.0937. The number of aliphatic hydroxyl groups is 1. The topological polar surface area (TPSA) is 50.7 Å². The second-order valence-electron chi connectivity index (χ2n) is 3.01. The molecule has 4 heteroatoms. The summed E-state index contributed by atoms with van der Waals surface area (Å²) in [5, 5.41) is 11.6. The van der Waals surface area contributed by atoms with Crippen molar-refractivity contribution in [2.24, 2.45) is 0 Å². The molecule has 0 amide bonds. The zero-order chi connectivity index (χ0) is 9.94. The van der Waals surface area contributed by atoms with E-state index in [4.69, 9.17) is 14.6 Å². The fourth-order valence-corrected chi connectivity index (χ4v) is 0.803. The Balaban J connectivity index is 2.84. The van der Waals surface area contributed by atoms with Gasteiger partial charge in [-0.05, 0) is 13.8 Å². The summed E-state index contributed by atoms with van der Waals surface area (Å²) in [4.78, 5) is 0. The molecule has 0 aromatic heterocycles. The van der Waals surface area contributed by atoms with Gasteiger partial charge in [-0.1, -0.05) is 0 Å². The number of ether oxygens (including phenoxy) is 2. The van der Waals surface area contributed by atoms with Crippen LogP contribution < -0.4 is 5.32 Å². The Hall–Kier alpha value is -0.160. The number of hydrogen-bond donors (Lipinski definition) is 2. The third-order valence-electron chi connectivity index (χ3n) is 1.39. The average Bonchev–Trinajstić information content (AvgIpc) is 2.09. The highest BCUT2D eigenvalue weighted by molar-refractivity contribution is 4.46. The van der Waals surface area contributed by atoms with E-state index < -0.39 is 0 Å². The average molecular weight is 191 g/mol. The van der Waals surface area contributed by atoms with Crippen molar-refractivity contribution >= 4 is 0 Å². The normalized spacial score (nSPS) is 11.1. The van der Waals surface area contributed by atoms with Gasteiger partial charge >= 0.3 is 0 Å². The maximum Gasteiger partial charge on any atom is 0.0698 e. The number of hydrogen-bond acceptors (Lipinski definition) is 4. The molecule has 0 fully saturated rings. The molecule has 0 rings (SSSR count). The molecule has 0 aromatic rings. The van der Waals surface area contributed by atoms with Gasteiger partial charge in [0, 0.05) is 13.1 Å². The van der Waals surface area contributed by atoms with E-state index in [0.717, 1.165) is 19.7 Å². The SMILES string of the molecule is CC(C)OCCNCCOCCO. The molecule has 0 saturated carbocycles. The van der Waals surface area contributed by atoms with E-state index >= 15 is 0 Å². The van der Waals surface area contributed by atoms with Crippen LogP contribution in [0.1, 0.15) is 13.8 Å². The summed E-state index contributed by atoms with van der Waals surface area (Å²) in [5.74, 6) is 0. The highest BCUT2D eigenvalue weighted by Crippen LogP contribution is 1.84. The highest BCUT2D eigenvalue weighted by atomic mass is 16.5. The van der Waals surface area contributed by atoms with E-state index in [1.54, 1.807) is 0 Å². The van der Waals surface area contributed by atoms with E-state index in [-0.39, 0.29) is 6.61 Å². The van der Waals surface area contributed by atoms with Crippen LogP contribution in [0.3, 0.4) is 0 Å². The molecule has 0 bridgehead atoms. The van der Waals surface area contributed by atoms with Gasteiger partial charge in [-0.25, -0.2) is 0 Å². The van der Waals surface area contributed by atoms with Crippen LogP contribution in [0.25, 0.3) is 0 Å². The van der Waals surface area contributed by atoms with Crippen LogP contribution in [0.4, 0.5) is 0 Å². The Morgan fingerprint density at radius 1 is 1.15 bits per heavy atom. The van der Waals surface area contributed by atoms with Gasteiger partial charge < -0.3 is 19.9 Å².